The van der Waals surface area contributed by atoms with Crippen molar-refractivity contribution in [3.63, 3.8) is 0 Å². The Labute approximate surface area is 171 Å². The van der Waals surface area contributed by atoms with Crippen molar-refractivity contribution in [3.05, 3.63) is 65.5 Å². The summed E-state index contributed by atoms with van der Waals surface area (Å²) in [6.45, 7) is 5.01. The summed E-state index contributed by atoms with van der Waals surface area (Å²) in [6.07, 6.45) is 5.01. The van der Waals surface area contributed by atoms with Crippen molar-refractivity contribution in [1.29, 1.82) is 0 Å². The van der Waals surface area contributed by atoms with Crippen LogP contribution in [0, 0.1) is 6.92 Å². The predicted molar refractivity (Wildman–Crippen MR) is 109 cm³/mol. The molecule has 2 fully saturated rings. The molecule has 152 valence electrons. The fraction of sp³-hybridized carbons (Fsp3) is 0.435. The van der Waals surface area contributed by atoms with E-state index in [-0.39, 0.29) is 11.8 Å². The van der Waals surface area contributed by atoms with Crippen LogP contribution in [0.5, 0.6) is 0 Å². The minimum absolute atomic E-state index is 0.00565. The van der Waals surface area contributed by atoms with Crippen LogP contribution in [0.3, 0.4) is 0 Å². The summed E-state index contributed by atoms with van der Waals surface area (Å²) >= 11 is 0. The molecule has 2 amide bonds. The normalized spacial score (nSPS) is 19.3. The van der Waals surface area contributed by atoms with Crippen molar-refractivity contribution in [1.82, 2.24) is 14.8 Å². The Hall–Kier alpha value is -2.73. The number of carbonyl (C=O) groups excluding carboxylic acids is 2. The molecular weight excluding hydrogens is 366 g/mol. The smallest absolute Gasteiger partial charge is 0.255 e. The second-order valence-corrected chi connectivity index (χ2v) is 8.04. The maximum absolute atomic E-state index is 13.0. The van der Waals surface area contributed by atoms with E-state index in [0.29, 0.717) is 57.6 Å². The van der Waals surface area contributed by atoms with Gasteiger partial charge in [0.1, 0.15) is 0 Å². The number of aryl methyl sites for hydroxylation is 1. The average molecular weight is 393 g/mol. The van der Waals surface area contributed by atoms with Gasteiger partial charge in [0.2, 0.25) is 5.91 Å². The lowest BCUT2D eigenvalue weighted by atomic mass is 9.87. The van der Waals surface area contributed by atoms with Gasteiger partial charge in [-0.2, -0.15) is 0 Å². The van der Waals surface area contributed by atoms with Gasteiger partial charge >= 0.3 is 0 Å². The van der Waals surface area contributed by atoms with Gasteiger partial charge in [0.25, 0.3) is 5.91 Å². The number of carbonyl (C=O) groups is 2. The van der Waals surface area contributed by atoms with Crippen LogP contribution < -0.4 is 0 Å². The second kappa shape index (κ2) is 8.33. The summed E-state index contributed by atoms with van der Waals surface area (Å²) in [5, 5.41) is 0. The quantitative estimate of drug-likeness (QED) is 0.805. The number of benzene rings is 1. The third kappa shape index (κ3) is 4.48. The molecule has 6 heteroatoms. The Balaban J connectivity index is 1.37. The number of piperidine rings is 1. The highest BCUT2D eigenvalue weighted by Gasteiger charge is 2.41. The van der Waals surface area contributed by atoms with E-state index in [1.807, 2.05) is 9.80 Å². The molecule has 1 spiro atoms. The van der Waals surface area contributed by atoms with Gasteiger partial charge in [-0.1, -0.05) is 29.8 Å². The Morgan fingerprint density at radius 2 is 1.90 bits per heavy atom. The molecule has 2 aromatic rings. The molecule has 0 bridgehead atoms. The number of pyridine rings is 1. The molecule has 1 aromatic heterocycles. The average Bonchev–Trinajstić information content (AvgIpc) is 2.89. The molecule has 29 heavy (non-hydrogen) atoms. The van der Waals surface area contributed by atoms with Crippen molar-refractivity contribution in [3.8, 4) is 0 Å². The van der Waals surface area contributed by atoms with E-state index in [4.69, 9.17) is 4.74 Å². The van der Waals surface area contributed by atoms with Gasteiger partial charge in [0.05, 0.1) is 24.2 Å². The molecule has 4 rings (SSSR count). The van der Waals surface area contributed by atoms with E-state index >= 15 is 0 Å². The molecule has 6 nitrogen and oxygen atoms in total. The van der Waals surface area contributed by atoms with Gasteiger partial charge in [0.15, 0.2) is 0 Å². The van der Waals surface area contributed by atoms with Crippen LogP contribution in [-0.2, 0) is 16.1 Å². The standard InChI is InChI=1S/C23H27N3O3/c1-18-4-6-19(7-5-18)17-26-13-14-29-23(15-21(26)27)8-11-25(12-9-23)22(28)20-3-2-10-24-16-20/h2-7,10,16H,8-9,11-15,17H2,1H3. The zero-order valence-electron chi connectivity index (χ0n) is 16.8. The zero-order chi connectivity index (χ0) is 20.3. The van der Waals surface area contributed by atoms with E-state index < -0.39 is 5.60 Å². The van der Waals surface area contributed by atoms with Crippen LogP contribution in [0.1, 0.15) is 40.7 Å². The zero-order valence-corrected chi connectivity index (χ0v) is 16.8. The number of hydrogen-bond acceptors (Lipinski definition) is 4. The number of rotatable bonds is 3. The second-order valence-electron chi connectivity index (χ2n) is 8.04. The van der Waals surface area contributed by atoms with Crippen LogP contribution in [-0.4, -0.2) is 58.4 Å². The molecule has 0 aliphatic carbocycles. The molecule has 3 heterocycles. The number of ether oxygens (including phenoxy) is 1. The summed E-state index contributed by atoms with van der Waals surface area (Å²) in [4.78, 5) is 33.4. The minimum Gasteiger partial charge on any atom is -0.372 e. The Kier molecular flexibility index (Phi) is 5.62. The van der Waals surface area contributed by atoms with Crippen LogP contribution in [0.4, 0.5) is 0 Å². The summed E-state index contributed by atoms with van der Waals surface area (Å²) in [7, 11) is 0. The molecule has 2 aliphatic heterocycles. The first-order chi connectivity index (χ1) is 14.0. The first kappa shape index (κ1) is 19.6. The van der Waals surface area contributed by atoms with Crippen molar-refractivity contribution in [2.24, 2.45) is 0 Å². The molecule has 0 atom stereocenters. The highest BCUT2D eigenvalue weighted by Crippen LogP contribution is 2.33. The predicted octanol–water partition coefficient (Wildman–Crippen LogP) is 2.81. The minimum atomic E-state index is -0.454. The fourth-order valence-corrected chi connectivity index (χ4v) is 4.13. The van der Waals surface area contributed by atoms with Gasteiger partial charge in [-0.25, -0.2) is 0 Å². The Bertz CT molecular complexity index is 859. The van der Waals surface area contributed by atoms with E-state index in [0.717, 1.165) is 5.56 Å². The SMILES string of the molecule is Cc1ccc(CN2CCOC3(CCN(C(=O)c4cccnc4)CC3)CC2=O)cc1. The molecule has 0 saturated carbocycles. The van der Waals surface area contributed by atoms with Gasteiger partial charge in [-0.15, -0.1) is 0 Å². The Morgan fingerprint density at radius 3 is 2.59 bits per heavy atom. The molecule has 0 unspecified atom stereocenters. The summed E-state index contributed by atoms with van der Waals surface area (Å²) in [6, 6.07) is 11.9. The van der Waals surface area contributed by atoms with Crippen molar-refractivity contribution >= 4 is 11.8 Å². The van der Waals surface area contributed by atoms with Gasteiger partial charge in [-0.3, -0.25) is 14.6 Å². The van der Waals surface area contributed by atoms with Crippen molar-refractivity contribution in [2.45, 2.75) is 38.3 Å². The highest BCUT2D eigenvalue weighted by atomic mass is 16.5. The molecular formula is C23H27N3O3. The van der Waals surface area contributed by atoms with E-state index in [1.165, 1.54) is 5.56 Å². The number of hydrogen-bond donors (Lipinski definition) is 0. The molecule has 0 N–H and O–H groups in total. The van der Waals surface area contributed by atoms with Crippen molar-refractivity contribution in [2.75, 3.05) is 26.2 Å². The fourth-order valence-electron chi connectivity index (χ4n) is 4.13. The summed E-state index contributed by atoms with van der Waals surface area (Å²) in [5.74, 6) is 0.129. The largest absolute Gasteiger partial charge is 0.372 e. The van der Waals surface area contributed by atoms with Crippen LogP contribution in [0.15, 0.2) is 48.8 Å². The third-order valence-corrected chi connectivity index (χ3v) is 5.96. The first-order valence-electron chi connectivity index (χ1n) is 10.2. The summed E-state index contributed by atoms with van der Waals surface area (Å²) < 4.78 is 6.21. The Morgan fingerprint density at radius 1 is 1.14 bits per heavy atom. The monoisotopic (exact) mass is 393 g/mol. The number of aromatic nitrogens is 1. The molecule has 0 radical (unpaired) electrons. The maximum atomic E-state index is 13.0. The van der Waals surface area contributed by atoms with Gasteiger partial charge in [-0.05, 0) is 37.5 Å². The summed E-state index contributed by atoms with van der Waals surface area (Å²) in [5.41, 5.74) is 2.50. The van der Waals surface area contributed by atoms with Crippen LogP contribution >= 0.6 is 0 Å². The van der Waals surface area contributed by atoms with E-state index in [9.17, 15) is 9.59 Å². The number of likely N-dealkylation sites (tertiary alicyclic amines) is 1. The highest BCUT2D eigenvalue weighted by molar-refractivity contribution is 5.94. The van der Waals surface area contributed by atoms with Crippen LogP contribution in [0.25, 0.3) is 0 Å². The third-order valence-electron chi connectivity index (χ3n) is 5.96. The number of nitrogens with zero attached hydrogens (tertiary/aromatic N) is 3. The van der Waals surface area contributed by atoms with E-state index in [1.54, 1.807) is 24.5 Å². The molecule has 1 aromatic carbocycles. The maximum Gasteiger partial charge on any atom is 0.255 e. The van der Waals surface area contributed by atoms with Gasteiger partial charge in [0, 0.05) is 38.6 Å². The van der Waals surface area contributed by atoms with Crippen LogP contribution in [0.2, 0.25) is 0 Å². The lowest BCUT2D eigenvalue weighted by Gasteiger charge is -2.40. The molecule has 2 saturated heterocycles. The lowest BCUT2D eigenvalue weighted by molar-refractivity contribution is -0.135. The number of amides is 2. The first-order valence-corrected chi connectivity index (χ1v) is 10.2. The lowest BCUT2D eigenvalue weighted by Crippen LogP contribution is -2.49. The van der Waals surface area contributed by atoms with Crippen molar-refractivity contribution < 1.29 is 14.3 Å². The topological polar surface area (TPSA) is 62.7 Å². The van der Waals surface area contributed by atoms with Gasteiger partial charge < -0.3 is 14.5 Å². The molecule has 2 aliphatic rings. The van der Waals surface area contributed by atoms with E-state index in [2.05, 4.69) is 36.2 Å².